The molecule has 0 radical (unpaired) electrons. The third-order valence-electron chi connectivity index (χ3n) is 5.16. The minimum absolute atomic E-state index is 0.0677. The van der Waals surface area contributed by atoms with Crippen molar-refractivity contribution >= 4 is 50.4 Å². The highest BCUT2D eigenvalue weighted by atomic mass is 32.1. The normalized spacial score (nSPS) is 11.5. The van der Waals surface area contributed by atoms with E-state index in [1.54, 1.807) is 29.6 Å². The van der Waals surface area contributed by atoms with Gasteiger partial charge in [-0.1, -0.05) is 42.5 Å². The number of nitro groups is 1. The SMILES string of the molecule is N#C/C(=C\c1cccc([N+](=O)[O-])c1)c1nc(-c2cc3c(ccc4ccccc43)oc2=O)cs1. The fourth-order valence-corrected chi connectivity index (χ4v) is 4.39. The number of thiazole rings is 1. The van der Waals surface area contributed by atoms with Gasteiger partial charge in [-0.3, -0.25) is 10.1 Å². The quantitative estimate of drug-likeness (QED) is 0.108. The maximum Gasteiger partial charge on any atom is 0.345 e. The lowest BCUT2D eigenvalue weighted by Gasteiger charge is -2.04. The van der Waals surface area contributed by atoms with Crippen LogP contribution in [0.25, 0.3) is 44.6 Å². The summed E-state index contributed by atoms with van der Waals surface area (Å²) in [5.74, 6) is 0. The number of nitriles is 1. The standard InChI is InChI=1S/C25H13N3O4S/c26-13-17(10-15-4-3-6-18(11-15)28(30)31)24-27-22(14-33-24)21-12-20-19-7-2-1-5-16(19)8-9-23(20)32-25(21)29/h1-12,14H/b17-10+. The summed E-state index contributed by atoms with van der Waals surface area (Å²) in [7, 11) is 0. The first-order chi connectivity index (χ1) is 16.0. The monoisotopic (exact) mass is 451 g/mol. The predicted octanol–water partition coefficient (Wildman–Crippen LogP) is 6.04. The van der Waals surface area contributed by atoms with Crippen molar-refractivity contribution in [2.45, 2.75) is 0 Å². The summed E-state index contributed by atoms with van der Waals surface area (Å²) >= 11 is 1.21. The van der Waals surface area contributed by atoms with E-state index in [4.69, 9.17) is 4.42 Å². The van der Waals surface area contributed by atoms with Gasteiger partial charge in [0, 0.05) is 22.9 Å². The second-order valence-electron chi connectivity index (χ2n) is 7.21. The second kappa shape index (κ2) is 8.15. The lowest BCUT2D eigenvalue weighted by molar-refractivity contribution is -0.384. The topological polar surface area (TPSA) is 110 Å². The molecule has 8 heteroatoms. The molecule has 0 aliphatic rings. The number of nitro benzene ring substituents is 1. The van der Waals surface area contributed by atoms with Gasteiger partial charge in [-0.25, -0.2) is 9.78 Å². The Kier molecular flexibility index (Phi) is 5.01. The molecular weight excluding hydrogens is 438 g/mol. The number of nitrogens with zero attached hydrogens (tertiary/aromatic N) is 3. The van der Waals surface area contributed by atoms with Crippen LogP contribution in [0, 0.1) is 21.4 Å². The van der Waals surface area contributed by atoms with E-state index >= 15 is 0 Å². The van der Waals surface area contributed by atoms with Crippen LogP contribution in [0.3, 0.4) is 0 Å². The van der Waals surface area contributed by atoms with Gasteiger partial charge in [-0.15, -0.1) is 11.3 Å². The number of aromatic nitrogens is 1. The van der Waals surface area contributed by atoms with E-state index in [-0.39, 0.29) is 11.3 Å². The minimum atomic E-state index is -0.518. The van der Waals surface area contributed by atoms with E-state index in [9.17, 15) is 20.2 Å². The summed E-state index contributed by atoms with van der Waals surface area (Å²) < 4.78 is 5.55. The van der Waals surface area contributed by atoms with Crippen molar-refractivity contribution in [3.05, 3.63) is 103 Å². The second-order valence-corrected chi connectivity index (χ2v) is 8.06. The van der Waals surface area contributed by atoms with Gasteiger partial charge in [-0.2, -0.15) is 5.26 Å². The third kappa shape index (κ3) is 3.78. The van der Waals surface area contributed by atoms with Crippen molar-refractivity contribution in [3.8, 4) is 17.3 Å². The molecular formula is C25H13N3O4S. The average Bonchev–Trinajstić information content (AvgIpc) is 3.32. The molecule has 2 aromatic heterocycles. The molecule has 0 bridgehead atoms. The van der Waals surface area contributed by atoms with E-state index < -0.39 is 10.5 Å². The van der Waals surface area contributed by atoms with E-state index in [1.807, 2.05) is 30.3 Å². The number of fused-ring (bicyclic) bond motifs is 3. The number of benzene rings is 3. The molecule has 3 aromatic carbocycles. The van der Waals surface area contributed by atoms with Gasteiger partial charge in [0.2, 0.25) is 0 Å². The summed E-state index contributed by atoms with van der Waals surface area (Å²) in [5.41, 5.74) is 1.35. The Labute approximate surface area is 190 Å². The summed E-state index contributed by atoms with van der Waals surface area (Å²) in [5, 5.41) is 25.5. The highest BCUT2D eigenvalue weighted by Crippen LogP contribution is 2.30. The molecule has 2 heterocycles. The van der Waals surface area contributed by atoms with Gasteiger partial charge in [0.25, 0.3) is 5.69 Å². The minimum Gasteiger partial charge on any atom is -0.422 e. The van der Waals surface area contributed by atoms with Gasteiger partial charge in [0.15, 0.2) is 0 Å². The lowest BCUT2D eigenvalue weighted by Crippen LogP contribution is -2.03. The molecule has 0 spiro atoms. The zero-order valence-electron chi connectivity index (χ0n) is 16.9. The molecule has 0 N–H and O–H groups in total. The molecule has 0 fully saturated rings. The molecule has 158 valence electrons. The van der Waals surface area contributed by atoms with Gasteiger partial charge in [0.05, 0.1) is 21.8 Å². The van der Waals surface area contributed by atoms with Crippen molar-refractivity contribution in [1.82, 2.24) is 4.98 Å². The first kappa shape index (κ1) is 20.3. The van der Waals surface area contributed by atoms with Gasteiger partial charge < -0.3 is 4.42 Å². The molecule has 0 atom stereocenters. The van der Waals surface area contributed by atoms with E-state index in [0.717, 1.165) is 16.2 Å². The Balaban J connectivity index is 1.59. The molecule has 0 aliphatic heterocycles. The highest BCUT2D eigenvalue weighted by Gasteiger charge is 2.15. The van der Waals surface area contributed by atoms with Crippen molar-refractivity contribution < 1.29 is 9.34 Å². The molecule has 0 saturated heterocycles. The van der Waals surface area contributed by atoms with Crippen molar-refractivity contribution in [1.29, 1.82) is 5.26 Å². The van der Waals surface area contributed by atoms with E-state index in [1.165, 1.54) is 29.5 Å². The molecule has 5 rings (SSSR count). The predicted molar refractivity (Wildman–Crippen MR) is 128 cm³/mol. The molecule has 5 aromatic rings. The van der Waals surface area contributed by atoms with Crippen molar-refractivity contribution in [2.75, 3.05) is 0 Å². The maximum absolute atomic E-state index is 12.7. The van der Waals surface area contributed by atoms with Crippen LogP contribution >= 0.6 is 11.3 Å². The number of rotatable bonds is 4. The zero-order valence-corrected chi connectivity index (χ0v) is 17.7. The van der Waals surface area contributed by atoms with Gasteiger partial charge >= 0.3 is 5.63 Å². The Hall–Kier alpha value is -4.61. The average molecular weight is 451 g/mol. The van der Waals surface area contributed by atoms with Crippen LogP contribution in [0.1, 0.15) is 10.6 Å². The fourth-order valence-electron chi connectivity index (χ4n) is 3.61. The largest absolute Gasteiger partial charge is 0.422 e. The zero-order chi connectivity index (χ0) is 22.9. The summed E-state index contributed by atoms with van der Waals surface area (Å²) in [4.78, 5) is 27.7. The molecule has 7 nitrogen and oxygen atoms in total. The van der Waals surface area contributed by atoms with Gasteiger partial charge in [0.1, 0.15) is 16.7 Å². The highest BCUT2D eigenvalue weighted by molar-refractivity contribution is 7.11. The first-order valence-electron chi connectivity index (χ1n) is 9.81. The molecule has 0 amide bonds. The van der Waals surface area contributed by atoms with E-state index in [2.05, 4.69) is 11.1 Å². The number of allylic oxidation sites excluding steroid dienone is 1. The first-order valence-corrected chi connectivity index (χ1v) is 10.7. The van der Waals surface area contributed by atoms with Crippen molar-refractivity contribution in [2.24, 2.45) is 0 Å². The number of non-ortho nitro benzene ring substituents is 1. The number of hydrogen-bond acceptors (Lipinski definition) is 7. The maximum atomic E-state index is 12.7. The Morgan fingerprint density at radius 2 is 1.94 bits per heavy atom. The fraction of sp³-hybridized carbons (Fsp3) is 0. The van der Waals surface area contributed by atoms with Crippen LogP contribution in [0.15, 0.2) is 81.3 Å². The van der Waals surface area contributed by atoms with Crippen LogP contribution in [-0.4, -0.2) is 9.91 Å². The van der Waals surface area contributed by atoms with Crippen LogP contribution < -0.4 is 5.63 Å². The van der Waals surface area contributed by atoms with Crippen LogP contribution in [0.2, 0.25) is 0 Å². The van der Waals surface area contributed by atoms with Crippen LogP contribution in [0.5, 0.6) is 0 Å². The van der Waals surface area contributed by atoms with Crippen LogP contribution in [-0.2, 0) is 0 Å². The molecule has 33 heavy (non-hydrogen) atoms. The Morgan fingerprint density at radius 1 is 1.09 bits per heavy atom. The van der Waals surface area contributed by atoms with Crippen molar-refractivity contribution in [3.63, 3.8) is 0 Å². The molecule has 0 unspecified atom stereocenters. The summed E-state index contributed by atoms with van der Waals surface area (Å²) in [6, 6.07) is 21.3. The number of hydrogen-bond donors (Lipinski definition) is 0. The van der Waals surface area contributed by atoms with E-state index in [0.29, 0.717) is 27.4 Å². The summed E-state index contributed by atoms with van der Waals surface area (Å²) in [6.45, 7) is 0. The molecule has 0 saturated carbocycles. The molecule has 0 aliphatic carbocycles. The lowest BCUT2D eigenvalue weighted by atomic mass is 10.0. The third-order valence-corrected chi connectivity index (χ3v) is 6.04. The van der Waals surface area contributed by atoms with Gasteiger partial charge in [-0.05, 0) is 34.5 Å². The smallest absolute Gasteiger partial charge is 0.345 e. The Bertz CT molecular complexity index is 1690. The Morgan fingerprint density at radius 3 is 2.76 bits per heavy atom. The summed E-state index contributed by atoms with van der Waals surface area (Å²) in [6.07, 6.45) is 1.53. The van der Waals surface area contributed by atoms with Crippen LogP contribution in [0.4, 0.5) is 5.69 Å².